The van der Waals surface area contributed by atoms with Crippen molar-refractivity contribution in [3.63, 3.8) is 0 Å². The van der Waals surface area contributed by atoms with Crippen molar-refractivity contribution >= 4 is 11.9 Å². The van der Waals surface area contributed by atoms with Gasteiger partial charge in [-0.05, 0) is 52.2 Å². The third-order valence-corrected chi connectivity index (χ3v) is 4.04. The van der Waals surface area contributed by atoms with Crippen molar-refractivity contribution in [3.05, 3.63) is 47.0 Å². The first-order valence-electron chi connectivity index (χ1n) is 8.62. The predicted octanol–water partition coefficient (Wildman–Crippen LogP) is 2.57. The lowest BCUT2D eigenvalue weighted by atomic mass is 10.2. The summed E-state index contributed by atoms with van der Waals surface area (Å²) < 4.78 is 20.8. The monoisotopic (exact) mass is 359 g/mol. The molecule has 3 rings (SSSR count). The fourth-order valence-electron chi connectivity index (χ4n) is 3.06. The van der Waals surface area contributed by atoms with Crippen LogP contribution in [0.5, 0.6) is 0 Å². The molecule has 1 aromatic carbocycles. The maximum atomic E-state index is 14.1. The van der Waals surface area contributed by atoms with Gasteiger partial charge in [0.2, 0.25) is 0 Å². The molecule has 0 aliphatic heterocycles. The molecule has 1 aromatic heterocycles. The van der Waals surface area contributed by atoms with Crippen LogP contribution in [-0.4, -0.2) is 33.8 Å². The van der Waals surface area contributed by atoms with Crippen molar-refractivity contribution in [3.8, 4) is 5.69 Å². The lowest BCUT2D eigenvalue weighted by Gasteiger charge is -2.19. The first kappa shape index (κ1) is 18.1. The Morgan fingerprint density at radius 1 is 1.27 bits per heavy atom. The molecule has 0 bridgehead atoms. The molecule has 2 aromatic rings. The molecule has 0 saturated heterocycles. The SMILES string of the molecule is CC(C)(C)OC(=O)CNC(=O)c1nn(-c2ccccc2F)c2c1CCC2. The van der Waals surface area contributed by atoms with Crippen molar-refractivity contribution in [1.29, 1.82) is 0 Å². The van der Waals surface area contributed by atoms with Gasteiger partial charge in [0.25, 0.3) is 5.91 Å². The number of para-hydroxylation sites is 1. The van der Waals surface area contributed by atoms with Gasteiger partial charge in [-0.3, -0.25) is 9.59 Å². The summed E-state index contributed by atoms with van der Waals surface area (Å²) in [5.41, 5.74) is 1.60. The van der Waals surface area contributed by atoms with Crippen molar-refractivity contribution in [2.75, 3.05) is 6.54 Å². The van der Waals surface area contributed by atoms with Crippen LogP contribution in [-0.2, 0) is 22.4 Å². The number of halogens is 1. The van der Waals surface area contributed by atoms with Crippen molar-refractivity contribution in [2.24, 2.45) is 0 Å². The van der Waals surface area contributed by atoms with Gasteiger partial charge in [-0.25, -0.2) is 9.07 Å². The zero-order valence-corrected chi connectivity index (χ0v) is 15.1. The Labute approximate surface area is 151 Å². The smallest absolute Gasteiger partial charge is 0.325 e. The van der Waals surface area contributed by atoms with Gasteiger partial charge in [0.05, 0.1) is 0 Å². The Hall–Kier alpha value is -2.70. The topological polar surface area (TPSA) is 73.2 Å². The number of nitrogens with zero attached hydrogens (tertiary/aromatic N) is 2. The number of nitrogens with one attached hydrogen (secondary N) is 1. The molecule has 0 unspecified atom stereocenters. The van der Waals surface area contributed by atoms with E-state index in [-0.39, 0.29) is 12.2 Å². The lowest BCUT2D eigenvalue weighted by Crippen LogP contribution is -2.35. The summed E-state index contributed by atoms with van der Waals surface area (Å²) in [7, 11) is 0. The number of fused-ring (bicyclic) bond motifs is 1. The zero-order valence-electron chi connectivity index (χ0n) is 15.1. The number of esters is 1. The Morgan fingerprint density at radius 3 is 2.69 bits per heavy atom. The first-order chi connectivity index (χ1) is 12.3. The van der Waals surface area contributed by atoms with Crippen LogP contribution in [0.4, 0.5) is 4.39 Å². The summed E-state index contributed by atoms with van der Waals surface area (Å²) in [6.45, 7) is 5.04. The van der Waals surface area contributed by atoms with E-state index in [1.54, 1.807) is 39.0 Å². The van der Waals surface area contributed by atoms with Crippen LogP contribution >= 0.6 is 0 Å². The number of carbonyl (C=O) groups excluding carboxylic acids is 2. The Kier molecular flexibility index (Phi) is 4.80. The highest BCUT2D eigenvalue weighted by Crippen LogP contribution is 2.28. The number of carbonyl (C=O) groups is 2. The number of hydrogen-bond acceptors (Lipinski definition) is 4. The number of ether oxygens (including phenoxy) is 1. The summed E-state index contributed by atoms with van der Waals surface area (Å²) in [5, 5.41) is 6.88. The number of amides is 1. The molecule has 1 N–H and O–H groups in total. The minimum atomic E-state index is -0.616. The average molecular weight is 359 g/mol. The molecule has 0 spiro atoms. The van der Waals surface area contributed by atoms with E-state index >= 15 is 0 Å². The summed E-state index contributed by atoms with van der Waals surface area (Å²) in [6, 6.07) is 6.32. The second-order valence-corrected chi connectivity index (χ2v) is 7.26. The van der Waals surface area contributed by atoms with Crippen LogP contribution < -0.4 is 5.32 Å². The lowest BCUT2D eigenvalue weighted by molar-refractivity contribution is -0.153. The highest BCUT2D eigenvalue weighted by Gasteiger charge is 2.28. The highest BCUT2D eigenvalue weighted by atomic mass is 19.1. The molecule has 0 atom stereocenters. The van der Waals surface area contributed by atoms with E-state index in [0.29, 0.717) is 12.1 Å². The standard InChI is InChI=1S/C19H22FN3O3/c1-19(2,3)26-16(24)11-21-18(25)17-12-7-6-10-14(12)23(22-17)15-9-5-4-8-13(15)20/h4-5,8-9H,6-7,10-11H2,1-3H3,(H,21,25). The van der Waals surface area contributed by atoms with E-state index < -0.39 is 23.3 Å². The molecule has 0 saturated carbocycles. The molecule has 6 nitrogen and oxygen atoms in total. The van der Waals surface area contributed by atoms with E-state index in [1.165, 1.54) is 10.7 Å². The second-order valence-electron chi connectivity index (χ2n) is 7.26. The van der Waals surface area contributed by atoms with Crippen molar-refractivity contribution < 1.29 is 18.7 Å². The third kappa shape index (κ3) is 3.76. The van der Waals surface area contributed by atoms with Crippen LogP contribution in [0.25, 0.3) is 5.69 Å². The normalized spacial score (nSPS) is 13.4. The minimum Gasteiger partial charge on any atom is -0.459 e. The molecule has 7 heteroatoms. The molecular formula is C19H22FN3O3. The third-order valence-electron chi connectivity index (χ3n) is 4.04. The molecule has 1 aliphatic rings. The number of hydrogen-bond donors (Lipinski definition) is 1. The quantitative estimate of drug-likeness (QED) is 0.852. The molecular weight excluding hydrogens is 337 g/mol. The van der Waals surface area contributed by atoms with Gasteiger partial charge in [-0.15, -0.1) is 0 Å². The Balaban J connectivity index is 1.81. The van der Waals surface area contributed by atoms with Gasteiger partial charge in [0.15, 0.2) is 5.69 Å². The second kappa shape index (κ2) is 6.90. The number of benzene rings is 1. The predicted molar refractivity (Wildman–Crippen MR) is 93.7 cm³/mol. The maximum absolute atomic E-state index is 14.1. The van der Waals surface area contributed by atoms with E-state index in [2.05, 4.69) is 10.4 Å². The van der Waals surface area contributed by atoms with Crippen molar-refractivity contribution in [1.82, 2.24) is 15.1 Å². The summed E-state index contributed by atoms with van der Waals surface area (Å²) in [6.07, 6.45) is 2.32. The minimum absolute atomic E-state index is 0.239. The molecule has 1 aliphatic carbocycles. The van der Waals surface area contributed by atoms with E-state index in [0.717, 1.165) is 24.1 Å². The van der Waals surface area contributed by atoms with Gasteiger partial charge < -0.3 is 10.1 Å². The molecule has 0 radical (unpaired) electrons. The number of rotatable bonds is 4. The molecule has 0 fully saturated rings. The Bertz CT molecular complexity index is 852. The van der Waals surface area contributed by atoms with Crippen LogP contribution in [0, 0.1) is 5.82 Å². The first-order valence-corrected chi connectivity index (χ1v) is 8.62. The Morgan fingerprint density at radius 2 is 2.00 bits per heavy atom. The number of aromatic nitrogens is 2. The largest absolute Gasteiger partial charge is 0.459 e. The van der Waals surface area contributed by atoms with E-state index in [1.807, 2.05) is 0 Å². The van der Waals surface area contributed by atoms with E-state index in [9.17, 15) is 14.0 Å². The van der Waals surface area contributed by atoms with Crippen LogP contribution in [0.1, 0.15) is 48.9 Å². The van der Waals surface area contributed by atoms with E-state index in [4.69, 9.17) is 4.74 Å². The fraction of sp³-hybridized carbons (Fsp3) is 0.421. The van der Waals surface area contributed by atoms with Gasteiger partial charge in [0, 0.05) is 11.3 Å². The molecule has 1 amide bonds. The van der Waals surface area contributed by atoms with Crippen LogP contribution in [0.15, 0.2) is 24.3 Å². The molecule has 1 heterocycles. The highest BCUT2D eigenvalue weighted by molar-refractivity contribution is 5.96. The summed E-state index contributed by atoms with van der Waals surface area (Å²) in [4.78, 5) is 24.3. The fourth-order valence-corrected chi connectivity index (χ4v) is 3.06. The van der Waals surface area contributed by atoms with Gasteiger partial charge in [0.1, 0.15) is 23.7 Å². The van der Waals surface area contributed by atoms with Crippen molar-refractivity contribution in [2.45, 2.75) is 45.6 Å². The summed E-state index contributed by atoms with van der Waals surface area (Å²) in [5.74, 6) is -1.37. The van der Waals surface area contributed by atoms with Gasteiger partial charge in [-0.1, -0.05) is 12.1 Å². The van der Waals surface area contributed by atoms with Gasteiger partial charge in [-0.2, -0.15) is 5.10 Å². The maximum Gasteiger partial charge on any atom is 0.325 e. The van der Waals surface area contributed by atoms with Crippen LogP contribution in [0.3, 0.4) is 0 Å². The summed E-state index contributed by atoms with van der Waals surface area (Å²) >= 11 is 0. The molecule has 138 valence electrons. The van der Waals surface area contributed by atoms with Gasteiger partial charge >= 0.3 is 5.97 Å². The average Bonchev–Trinajstić information content (AvgIpc) is 3.14. The molecule has 26 heavy (non-hydrogen) atoms. The zero-order chi connectivity index (χ0) is 18.9. The van der Waals surface area contributed by atoms with Crippen LogP contribution in [0.2, 0.25) is 0 Å².